The summed E-state index contributed by atoms with van der Waals surface area (Å²) in [5.74, 6) is -1.31. The Morgan fingerprint density at radius 1 is 1.56 bits per heavy atom. The maximum absolute atomic E-state index is 11.2. The lowest BCUT2D eigenvalue weighted by Gasteiger charge is -2.16. The summed E-state index contributed by atoms with van der Waals surface area (Å²) in [6.07, 6.45) is 1.39. The molecule has 0 saturated carbocycles. The lowest BCUT2D eigenvalue weighted by atomic mass is 10.5. The van der Waals surface area contributed by atoms with Gasteiger partial charge < -0.3 is 9.84 Å². The first-order valence-corrected chi connectivity index (χ1v) is 4.41. The number of nitrogens with zero attached hydrogens (tertiary/aromatic N) is 3. The molecular weight excluding hydrogens is 214 g/mol. The largest absolute Gasteiger partial charge is 0.481 e. The first-order chi connectivity index (χ1) is 7.54. The van der Waals surface area contributed by atoms with E-state index in [2.05, 4.69) is 9.97 Å². The number of anilines is 1. The van der Waals surface area contributed by atoms with Gasteiger partial charge >= 0.3 is 5.97 Å². The lowest BCUT2D eigenvalue weighted by Crippen LogP contribution is -2.35. The van der Waals surface area contributed by atoms with Gasteiger partial charge in [-0.3, -0.25) is 14.5 Å². The van der Waals surface area contributed by atoms with E-state index in [1.54, 1.807) is 0 Å². The summed E-state index contributed by atoms with van der Waals surface area (Å²) in [7, 11) is 1.42. The van der Waals surface area contributed by atoms with Gasteiger partial charge in [0.1, 0.15) is 6.54 Å². The van der Waals surface area contributed by atoms with Crippen molar-refractivity contribution in [2.24, 2.45) is 0 Å². The summed E-state index contributed by atoms with van der Waals surface area (Å²) in [6.45, 7) is 0.758. The van der Waals surface area contributed by atoms with Crippen molar-refractivity contribution in [1.82, 2.24) is 9.97 Å². The van der Waals surface area contributed by atoms with Gasteiger partial charge in [0.2, 0.25) is 17.7 Å². The monoisotopic (exact) mass is 225 g/mol. The first-order valence-electron chi connectivity index (χ1n) is 4.41. The summed E-state index contributed by atoms with van der Waals surface area (Å²) in [5.41, 5.74) is 0. The van der Waals surface area contributed by atoms with E-state index in [0.29, 0.717) is 0 Å². The molecule has 1 aromatic rings. The zero-order chi connectivity index (χ0) is 12.1. The Morgan fingerprint density at radius 2 is 2.25 bits per heavy atom. The number of methoxy groups -OCH3 is 1. The van der Waals surface area contributed by atoms with E-state index < -0.39 is 18.4 Å². The Hall–Kier alpha value is -2.18. The third-order valence-corrected chi connectivity index (χ3v) is 1.74. The fourth-order valence-electron chi connectivity index (χ4n) is 1.03. The van der Waals surface area contributed by atoms with Gasteiger partial charge in [-0.05, 0) is 0 Å². The van der Waals surface area contributed by atoms with Crippen molar-refractivity contribution in [2.45, 2.75) is 6.92 Å². The van der Waals surface area contributed by atoms with E-state index in [1.165, 1.54) is 26.3 Å². The molecule has 0 atom stereocenters. The van der Waals surface area contributed by atoms with E-state index in [-0.39, 0.29) is 11.8 Å². The lowest BCUT2D eigenvalue weighted by molar-refractivity contribution is -0.136. The van der Waals surface area contributed by atoms with Crippen LogP contribution in [0.3, 0.4) is 0 Å². The Balaban J connectivity index is 3.00. The number of carbonyl (C=O) groups is 2. The number of hydrogen-bond donors (Lipinski definition) is 1. The quantitative estimate of drug-likeness (QED) is 0.770. The van der Waals surface area contributed by atoms with Crippen LogP contribution >= 0.6 is 0 Å². The minimum absolute atomic E-state index is 0.00856. The normalized spacial score (nSPS) is 9.62. The number of carboxylic acid groups (broad SMARTS) is 1. The number of rotatable bonds is 4. The molecule has 0 fully saturated rings. The van der Waals surface area contributed by atoms with Gasteiger partial charge in [0.15, 0.2) is 0 Å². The van der Waals surface area contributed by atoms with E-state index in [9.17, 15) is 9.59 Å². The van der Waals surface area contributed by atoms with Crippen molar-refractivity contribution >= 4 is 17.8 Å². The molecule has 0 aliphatic rings. The number of carboxylic acids is 1. The highest BCUT2D eigenvalue weighted by Crippen LogP contribution is 2.12. The second-order valence-corrected chi connectivity index (χ2v) is 2.90. The maximum atomic E-state index is 11.2. The van der Waals surface area contributed by atoms with Crippen molar-refractivity contribution in [1.29, 1.82) is 0 Å². The molecular formula is C9H11N3O4. The Bertz CT molecular complexity index is 407. The van der Waals surface area contributed by atoms with Crippen LogP contribution in [0, 0.1) is 0 Å². The number of aromatic nitrogens is 2. The highest BCUT2D eigenvalue weighted by atomic mass is 16.5. The standard InChI is InChI=1S/C9H11N3O4/c1-6(13)12(5-8(14)15)9-10-4-3-7(11-9)16-2/h3-4H,5H2,1-2H3,(H,14,15). The number of aliphatic carboxylic acids is 1. The molecule has 0 radical (unpaired) electrons. The maximum Gasteiger partial charge on any atom is 0.323 e. The molecule has 1 N–H and O–H groups in total. The van der Waals surface area contributed by atoms with Gasteiger partial charge in [-0.25, -0.2) is 4.98 Å². The van der Waals surface area contributed by atoms with Gasteiger partial charge in [0, 0.05) is 19.2 Å². The van der Waals surface area contributed by atoms with E-state index in [1.807, 2.05) is 0 Å². The number of carbonyl (C=O) groups excluding carboxylic acids is 1. The Morgan fingerprint density at radius 3 is 2.75 bits per heavy atom. The zero-order valence-corrected chi connectivity index (χ0v) is 8.88. The van der Waals surface area contributed by atoms with Crippen LogP contribution in [0.1, 0.15) is 6.92 Å². The van der Waals surface area contributed by atoms with Gasteiger partial charge in [0.25, 0.3) is 0 Å². The molecule has 1 rings (SSSR count). The summed E-state index contributed by atoms with van der Waals surface area (Å²) in [4.78, 5) is 30.4. The number of amides is 1. The van der Waals surface area contributed by atoms with Gasteiger partial charge in [-0.15, -0.1) is 0 Å². The predicted molar refractivity (Wildman–Crippen MR) is 54.2 cm³/mol. The van der Waals surface area contributed by atoms with Crippen LogP contribution in [0.5, 0.6) is 5.88 Å². The number of hydrogen-bond acceptors (Lipinski definition) is 5. The zero-order valence-electron chi connectivity index (χ0n) is 8.88. The molecule has 16 heavy (non-hydrogen) atoms. The van der Waals surface area contributed by atoms with Crippen LogP contribution in [0.25, 0.3) is 0 Å². The summed E-state index contributed by atoms with van der Waals surface area (Å²) in [5, 5.41) is 8.64. The van der Waals surface area contributed by atoms with Crippen molar-refractivity contribution in [3.05, 3.63) is 12.3 Å². The first kappa shape index (κ1) is 11.9. The van der Waals surface area contributed by atoms with Crippen LogP contribution in [0.2, 0.25) is 0 Å². The van der Waals surface area contributed by atoms with Gasteiger partial charge in [-0.2, -0.15) is 4.98 Å². The van der Waals surface area contributed by atoms with Gasteiger partial charge in [-0.1, -0.05) is 0 Å². The SMILES string of the molecule is COc1ccnc(N(CC(=O)O)C(C)=O)n1. The molecule has 1 amide bonds. The average Bonchev–Trinajstić information content (AvgIpc) is 2.25. The molecule has 7 nitrogen and oxygen atoms in total. The second-order valence-electron chi connectivity index (χ2n) is 2.90. The van der Waals surface area contributed by atoms with E-state index in [4.69, 9.17) is 9.84 Å². The predicted octanol–water partition coefficient (Wildman–Crippen LogP) is -0.0773. The molecule has 0 spiro atoms. The molecule has 0 saturated heterocycles. The summed E-state index contributed by atoms with van der Waals surface area (Å²) >= 11 is 0. The van der Waals surface area contributed by atoms with E-state index >= 15 is 0 Å². The molecule has 0 aromatic carbocycles. The fraction of sp³-hybridized carbons (Fsp3) is 0.333. The molecule has 1 heterocycles. The van der Waals surface area contributed by atoms with Crippen LogP contribution in [0.4, 0.5) is 5.95 Å². The van der Waals surface area contributed by atoms with Crippen LogP contribution < -0.4 is 9.64 Å². The van der Waals surface area contributed by atoms with Crippen molar-refractivity contribution in [2.75, 3.05) is 18.6 Å². The van der Waals surface area contributed by atoms with Crippen LogP contribution in [-0.4, -0.2) is 40.6 Å². The van der Waals surface area contributed by atoms with Crippen molar-refractivity contribution in [3.8, 4) is 5.88 Å². The van der Waals surface area contributed by atoms with Gasteiger partial charge in [0.05, 0.1) is 7.11 Å². The highest BCUT2D eigenvalue weighted by molar-refractivity contribution is 5.94. The molecule has 0 bridgehead atoms. The molecule has 0 unspecified atom stereocenters. The third kappa shape index (κ3) is 2.91. The van der Waals surface area contributed by atoms with Crippen molar-refractivity contribution in [3.63, 3.8) is 0 Å². The van der Waals surface area contributed by atoms with Crippen LogP contribution in [-0.2, 0) is 9.59 Å². The molecule has 0 aliphatic heterocycles. The van der Waals surface area contributed by atoms with Crippen molar-refractivity contribution < 1.29 is 19.4 Å². The summed E-state index contributed by atoms with van der Waals surface area (Å²) < 4.78 is 4.85. The van der Waals surface area contributed by atoms with E-state index in [0.717, 1.165) is 4.90 Å². The second kappa shape index (κ2) is 5.06. The fourth-order valence-corrected chi connectivity index (χ4v) is 1.03. The number of ether oxygens (including phenoxy) is 1. The molecule has 7 heteroatoms. The van der Waals surface area contributed by atoms with Crippen LogP contribution in [0.15, 0.2) is 12.3 Å². The smallest absolute Gasteiger partial charge is 0.323 e. The average molecular weight is 225 g/mol. The molecule has 86 valence electrons. The minimum atomic E-state index is -1.14. The minimum Gasteiger partial charge on any atom is -0.481 e. The molecule has 0 aliphatic carbocycles. The summed E-state index contributed by atoms with van der Waals surface area (Å²) in [6, 6.07) is 1.50. The molecule has 1 aromatic heterocycles. The third-order valence-electron chi connectivity index (χ3n) is 1.74. The highest BCUT2D eigenvalue weighted by Gasteiger charge is 2.18. The Labute approximate surface area is 91.7 Å². The Kier molecular flexibility index (Phi) is 3.76. The topological polar surface area (TPSA) is 92.6 Å².